The maximum absolute atomic E-state index is 12.9. The molecule has 1 amide bonds. The van der Waals surface area contributed by atoms with Crippen LogP contribution in [-0.2, 0) is 4.79 Å². The Kier molecular flexibility index (Phi) is 4.07. The van der Waals surface area contributed by atoms with Crippen LogP contribution in [0.2, 0.25) is 0 Å². The number of hydrogen-bond donors (Lipinski definition) is 1. The lowest BCUT2D eigenvalue weighted by Gasteiger charge is -2.07. The molecule has 2 aromatic rings. The number of ether oxygens (including phenoxy) is 1. The van der Waals surface area contributed by atoms with Crippen LogP contribution in [0.25, 0.3) is 0 Å². The van der Waals surface area contributed by atoms with Gasteiger partial charge in [0, 0.05) is 6.07 Å². The second kappa shape index (κ2) is 5.95. The van der Waals surface area contributed by atoms with E-state index in [9.17, 15) is 9.18 Å². The van der Waals surface area contributed by atoms with Gasteiger partial charge in [0.15, 0.2) is 6.61 Å². The summed E-state index contributed by atoms with van der Waals surface area (Å²) in [5, 5.41) is 2.50. The van der Waals surface area contributed by atoms with Gasteiger partial charge >= 0.3 is 0 Å². The van der Waals surface area contributed by atoms with E-state index in [0.29, 0.717) is 11.4 Å². The Balaban J connectivity index is 1.86. The Morgan fingerprint density at radius 2 is 2.05 bits per heavy atom. The number of nitrogens with one attached hydrogen (secondary N) is 1. The second-order valence-corrected chi connectivity index (χ2v) is 4.04. The minimum Gasteiger partial charge on any atom is -0.484 e. The van der Waals surface area contributed by atoms with Gasteiger partial charge in [-0.15, -0.1) is 0 Å². The zero-order valence-electron chi connectivity index (χ0n) is 10.4. The Morgan fingerprint density at radius 1 is 1.32 bits per heavy atom. The number of carbonyl (C=O) groups is 1. The molecule has 0 aliphatic carbocycles. The van der Waals surface area contributed by atoms with Crippen LogP contribution in [-0.4, -0.2) is 17.5 Å². The molecule has 1 heterocycles. The number of amides is 1. The molecule has 2 rings (SSSR count). The summed E-state index contributed by atoms with van der Waals surface area (Å²) in [5.41, 5.74) is 1.42. The van der Waals surface area contributed by atoms with Crippen LogP contribution in [0.1, 0.15) is 5.56 Å². The lowest BCUT2D eigenvalue weighted by atomic mass is 10.2. The smallest absolute Gasteiger partial charge is 0.262 e. The van der Waals surface area contributed by atoms with Crippen LogP contribution in [0.15, 0.2) is 42.7 Å². The molecule has 0 unspecified atom stereocenters. The lowest BCUT2D eigenvalue weighted by Crippen LogP contribution is -2.20. The molecule has 0 radical (unpaired) electrons. The van der Waals surface area contributed by atoms with E-state index in [1.165, 1.54) is 12.3 Å². The van der Waals surface area contributed by atoms with Gasteiger partial charge in [0.25, 0.3) is 5.91 Å². The van der Waals surface area contributed by atoms with E-state index in [0.717, 1.165) is 11.8 Å². The minimum atomic E-state index is -0.503. The number of hydrogen-bond acceptors (Lipinski definition) is 3. The van der Waals surface area contributed by atoms with Crippen LogP contribution in [0, 0.1) is 12.7 Å². The van der Waals surface area contributed by atoms with Crippen molar-refractivity contribution >= 4 is 11.6 Å². The minimum absolute atomic E-state index is 0.139. The highest BCUT2D eigenvalue weighted by molar-refractivity contribution is 5.91. The van der Waals surface area contributed by atoms with Gasteiger partial charge in [-0.1, -0.05) is 17.7 Å². The van der Waals surface area contributed by atoms with Crippen molar-refractivity contribution in [1.82, 2.24) is 4.98 Å². The first-order valence-electron chi connectivity index (χ1n) is 5.73. The molecule has 0 saturated carbocycles. The predicted molar refractivity (Wildman–Crippen MR) is 69.5 cm³/mol. The fraction of sp³-hybridized carbons (Fsp3) is 0.143. The fourth-order valence-corrected chi connectivity index (χ4v) is 1.46. The van der Waals surface area contributed by atoms with Crippen molar-refractivity contribution in [2.75, 3.05) is 11.9 Å². The van der Waals surface area contributed by atoms with Crippen molar-refractivity contribution < 1.29 is 13.9 Å². The molecule has 0 spiro atoms. The molecule has 4 nitrogen and oxygen atoms in total. The molecule has 0 aliphatic heterocycles. The predicted octanol–water partition coefficient (Wildman–Crippen LogP) is 2.55. The molecule has 0 aliphatic rings. The SMILES string of the molecule is Cc1ccc(OCC(=O)Nc2cncc(F)c2)cc1. The quantitative estimate of drug-likeness (QED) is 0.919. The number of benzene rings is 1. The highest BCUT2D eigenvalue weighted by Crippen LogP contribution is 2.11. The van der Waals surface area contributed by atoms with E-state index >= 15 is 0 Å². The fourth-order valence-electron chi connectivity index (χ4n) is 1.46. The summed E-state index contributed by atoms with van der Waals surface area (Å²) in [6.07, 6.45) is 2.44. The second-order valence-electron chi connectivity index (χ2n) is 4.04. The Morgan fingerprint density at radius 3 is 2.74 bits per heavy atom. The summed E-state index contributed by atoms with van der Waals surface area (Å²) < 4.78 is 18.2. The van der Waals surface area contributed by atoms with Gasteiger partial charge in [-0.05, 0) is 19.1 Å². The summed E-state index contributed by atoms with van der Waals surface area (Å²) >= 11 is 0. The summed E-state index contributed by atoms with van der Waals surface area (Å²) in [6.45, 7) is 1.83. The van der Waals surface area contributed by atoms with Crippen molar-refractivity contribution in [1.29, 1.82) is 0 Å². The molecule has 1 aromatic carbocycles. The molecular formula is C14H13FN2O2. The maximum atomic E-state index is 12.9. The molecule has 5 heteroatoms. The van der Waals surface area contributed by atoms with Crippen LogP contribution in [0.5, 0.6) is 5.75 Å². The third-order valence-electron chi connectivity index (χ3n) is 2.38. The van der Waals surface area contributed by atoms with E-state index in [2.05, 4.69) is 10.3 Å². The van der Waals surface area contributed by atoms with Crippen molar-refractivity contribution in [3.05, 3.63) is 54.1 Å². The van der Waals surface area contributed by atoms with Crippen molar-refractivity contribution in [3.63, 3.8) is 0 Å². The van der Waals surface area contributed by atoms with Crippen molar-refractivity contribution in [2.45, 2.75) is 6.92 Å². The van der Waals surface area contributed by atoms with E-state index < -0.39 is 5.82 Å². The van der Waals surface area contributed by atoms with Crippen molar-refractivity contribution in [2.24, 2.45) is 0 Å². The summed E-state index contributed by atoms with van der Waals surface area (Å²) in [5.74, 6) is -0.261. The Labute approximate surface area is 110 Å². The number of carbonyl (C=O) groups excluding carboxylic acids is 1. The standard InChI is InChI=1S/C14H13FN2O2/c1-10-2-4-13(5-3-10)19-9-14(18)17-12-6-11(15)7-16-8-12/h2-8H,9H2,1H3,(H,17,18). The molecule has 0 atom stereocenters. The monoisotopic (exact) mass is 260 g/mol. The number of aromatic nitrogens is 1. The molecular weight excluding hydrogens is 247 g/mol. The van der Waals surface area contributed by atoms with Crippen molar-refractivity contribution in [3.8, 4) is 5.75 Å². The largest absolute Gasteiger partial charge is 0.484 e. The number of rotatable bonds is 4. The van der Waals surface area contributed by atoms with Gasteiger partial charge in [0.1, 0.15) is 11.6 Å². The summed E-state index contributed by atoms with van der Waals surface area (Å²) in [7, 11) is 0. The Bertz CT molecular complexity index is 570. The van der Waals surface area contributed by atoms with Gasteiger partial charge < -0.3 is 10.1 Å². The van der Waals surface area contributed by atoms with Crippen LogP contribution in [0.4, 0.5) is 10.1 Å². The lowest BCUT2D eigenvalue weighted by molar-refractivity contribution is -0.118. The average Bonchev–Trinajstić information content (AvgIpc) is 2.38. The van der Waals surface area contributed by atoms with Gasteiger partial charge in [0.05, 0.1) is 18.1 Å². The number of nitrogens with zero attached hydrogens (tertiary/aromatic N) is 1. The number of anilines is 1. The van der Waals surface area contributed by atoms with E-state index in [4.69, 9.17) is 4.74 Å². The third-order valence-corrected chi connectivity index (χ3v) is 2.38. The van der Waals surface area contributed by atoms with Crippen LogP contribution >= 0.6 is 0 Å². The van der Waals surface area contributed by atoms with Gasteiger partial charge in [-0.25, -0.2) is 4.39 Å². The average molecular weight is 260 g/mol. The molecule has 19 heavy (non-hydrogen) atoms. The van der Waals surface area contributed by atoms with Gasteiger partial charge in [0.2, 0.25) is 0 Å². The summed E-state index contributed by atoms with van der Waals surface area (Å²) in [4.78, 5) is 15.2. The highest BCUT2D eigenvalue weighted by Gasteiger charge is 2.04. The molecule has 1 N–H and O–H groups in total. The Hall–Kier alpha value is -2.43. The van der Waals surface area contributed by atoms with E-state index in [1.807, 2.05) is 19.1 Å². The topological polar surface area (TPSA) is 51.2 Å². The zero-order chi connectivity index (χ0) is 13.7. The van der Waals surface area contributed by atoms with Crippen LogP contribution < -0.4 is 10.1 Å². The molecule has 98 valence electrons. The van der Waals surface area contributed by atoms with E-state index in [-0.39, 0.29) is 12.5 Å². The summed E-state index contributed by atoms with van der Waals surface area (Å²) in [6, 6.07) is 8.54. The van der Waals surface area contributed by atoms with E-state index in [1.54, 1.807) is 12.1 Å². The maximum Gasteiger partial charge on any atom is 0.262 e. The van der Waals surface area contributed by atoms with Gasteiger partial charge in [-0.3, -0.25) is 9.78 Å². The molecule has 0 saturated heterocycles. The first-order valence-corrected chi connectivity index (χ1v) is 5.73. The first kappa shape index (κ1) is 13.0. The molecule has 1 aromatic heterocycles. The van der Waals surface area contributed by atoms with Gasteiger partial charge in [-0.2, -0.15) is 0 Å². The van der Waals surface area contributed by atoms with Crippen LogP contribution in [0.3, 0.4) is 0 Å². The highest BCUT2D eigenvalue weighted by atomic mass is 19.1. The normalized spacial score (nSPS) is 10.0. The first-order chi connectivity index (χ1) is 9.13. The zero-order valence-corrected chi connectivity index (χ0v) is 10.4. The number of pyridine rings is 1. The molecule has 0 fully saturated rings. The number of aryl methyl sites for hydroxylation is 1. The number of halogens is 1. The third kappa shape index (κ3) is 4.06. The molecule has 0 bridgehead atoms.